The monoisotopic (exact) mass is 264 g/mol. The highest BCUT2D eigenvalue weighted by molar-refractivity contribution is 5.89. The van der Waals surface area contributed by atoms with Crippen LogP contribution in [-0.2, 0) is 11.2 Å². The number of benzene rings is 1. The molecule has 0 atom stereocenters. The molecule has 2 nitrogen and oxygen atoms in total. The van der Waals surface area contributed by atoms with Gasteiger partial charge in [-0.1, -0.05) is 31.7 Å². The number of aliphatic hydroxyl groups is 1. The first-order valence-corrected chi connectivity index (χ1v) is 7.02. The second kappa shape index (κ2) is 5.83. The van der Waals surface area contributed by atoms with Crippen molar-refractivity contribution < 1.29 is 14.3 Å². The van der Waals surface area contributed by atoms with Gasteiger partial charge in [0, 0.05) is 6.42 Å². The van der Waals surface area contributed by atoms with E-state index in [9.17, 15) is 14.3 Å². The molecule has 1 N–H and O–H groups in total. The van der Waals surface area contributed by atoms with E-state index < -0.39 is 5.60 Å². The van der Waals surface area contributed by atoms with Crippen molar-refractivity contribution in [2.45, 2.75) is 57.5 Å². The fourth-order valence-corrected chi connectivity index (χ4v) is 2.76. The van der Waals surface area contributed by atoms with Crippen molar-refractivity contribution in [2.75, 3.05) is 0 Å². The molecule has 0 unspecified atom stereocenters. The Hall–Kier alpha value is -1.22. The van der Waals surface area contributed by atoms with Gasteiger partial charge < -0.3 is 5.11 Å². The van der Waals surface area contributed by atoms with E-state index in [1.165, 1.54) is 12.1 Å². The Labute approximate surface area is 113 Å². The maximum absolute atomic E-state index is 13.2. The van der Waals surface area contributed by atoms with Crippen LogP contribution in [0.2, 0.25) is 0 Å². The van der Waals surface area contributed by atoms with Crippen LogP contribution >= 0.6 is 0 Å². The average Bonchev–Trinajstić information content (AvgIpc) is 2.60. The Bertz CT molecular complexity index is 460. The smallest absolute Gasteiger partial charge is 0.168 e. The van der Waals surface area contributed by atoms with Gasteiger partial charge in [0.25, 0.3) is 0 Å². The van der Waals surface area contributed by atoms with Crippen LogP contribution < -0.4 is 0 Å². The van der Waals surface area contributed by atoms with Crippen LogP contribution in [-0.4, -0.2) is 16.5 Å². The number of aryl methyl sites for hydroxylation is 1. The van der Waals surface area contributed by atoms with Gasteiger partial charge in [0.05, 0.1) is 0 Å². The Kier molecular flexibility index (Phi) is 4.35. The van der Waals surface area contributed by atoms with E-state index in [0.717, 1.165) is 31.2 Å². The van der Waals surface area contributed by atoms with Crippen LogP contribution in [0, 0.1) is 12.7 Å². The van der Waals surface area contributed by atoms with E-state index in [-0.39, 0.29) is 18.0 Å². The van der Waals surface area contributed by atoms with Gasteiger partial charge in [-0.25, -0.2) is 4.39 Å². The number of carbonyl (C=O) groups is 1. The van der Waals surface area contributed by atoms with Gasteiger partial charge in [-0.05, 0) is 43.0 Å². The standard InChI is InChI=1S/C16H21FO2/c1-12-6-7-14(17)10-13(12)11-15(18)16(19)8-4-2-3-5-9-16/h6-7,10,19H,2-5,8-9,11H2,1H3. The van der Waals surface area contributed by atoms with Crippen LogP contribution in [0.1, 0.15) is 49.7 Å². The van der Waals surface area contributed by atoms with Gasteiger partial charge >= 0.3 is 0 Å². The second-order valence-corrected chi connectivity index (χ2v) is 5.62. The molecule has 1 aromatic rings. The predicted octanol–water partition coefficient (Wildman–Crippen LogP) is 3.33. The highest BCUT2D eigenvalue weighted by Gasteiger charge is 2.35. The molecule has 1 aromatic carbocycles. The molecule has 1 aliphatic carbocycles. The van der Waals surface area contributed by atoms with Gasteiger partial charge in [0.1, 0.15) is 11.4 Å². The first kappa shape index (κ1) is 14.2. The highest BCUT2D eigenvalue weighted by atomic mass is 19.1. The Balaban J connectivity index is 2.13. The van der Waals surface area contributed by atoms with E-state index >= 15 is 0 Å². The Morgan fingerprint density at radius 2 is 1.89 bits per heavy atom. The summed E-state index contributed by atoms with van der Waals surface area (Å²) in [6.07, 6.45) is 5.15. The molecule has 104 valence electrons. The van der Waals surface area contributed by atoms with E-state index in [1.54, 1.807) is 6.07 Å². The van der Waals surface area contributed by atoms with Gasteiger partial charge in [0.2, 0.25) is 0 Å². The molecule has 2 rings (SSSR count). The largest absolute Gasteiger partial charge is 0.382 e. The molecule has 0 spiro atoms. The summed E-state index contributed by atoms with van der Waals surface area (Å²) < 4.78 is 13.2. The zero-order valence-electron chi connectivity index (χ0n) is 11.4. The van der Waals surface area contributed by atoms with Crippen molar-refractivity contribution in [1.82, 2.24) is 0 Å². The van der Waals surface area contributed by atoms with E-state index in [1.807, 2.05) is 6.92 Å². The molecule has 0 aliphatic heterocycles. The number of halogens is 1. The summed E-state index contributed by atoms with van der Waals surface area (Å²) >= 11 is 0. The minimum atomic E-state index is -1.20. The van der Waals surface area contributed by atoms with Crippen molar-refractivity contribution in [3.8, 4) is 0 Å². The minimum Gasteiger partial charge on any atom is -0.382 e. The summed E-state index contributed by atoms with van der Waals surface area (Å²) in [7, 11) is 0. The van der Waals surface area contributed by atoms with Crippen LogP contribution in [0.15, 0.2) is 18.2 Å². The first-order chi connectivity index (χ1) is 9.01. The molecule has 0 heterocycles. The van der Waals surface area contributed by atoms with Crippen molar-refractivity contribution in [3.05, 3.63) is 35.1 Å². The van der Waals surface area contributed by atoms with Crippen LogP contribution in [0.3, 0.4) is 0 Å². The Morgan fingerprint density at radius 1 is 1.26 bits per heavy atom. The number of Topliss-reactive ketones (excluding diaryl/α,β-unsaturated/α-hetero) is 1. The summed E-state index contributed by atoms with van der Waals surface area (Å²) in [4.78, 5) is 12.3. The molecule has 0 amide bonds. The quantitative estimate of drug-likeness (QED) is 0.850. The number of ketones is 1. The van der Waals surface area contributed by atoms with Crippen molar-refractivity contribution in [1.29, 1.82) is 0 Å². The molecule has 0 aromatic heterocycles. The summed E-state index contributed by atoms with van der Waals surface area (Å²) in [5.74, 6) is -0.496. The highest BCUT2D eigenvalue weighted by Crippen LogP contribution is 2.29. The van der Waals surface area contributed by atoms with Crippen LogP contribution in [0.4, 0.5) is 4.39 Å². The lowest BCUT2D eigenvalue weighted by Gasteiger charge is -2.25. The SMILES string of the molecule is Cc1ccc(F)cc1CC(=O)C1(O)CCCCCC1. The van der Waals surface area contributed by atoms with Crippen molar-refractivity contribution in [3.63, 3.8) is 0 Å². The third kappa shape index (κ3) is 3.41. The molecule has 1 aliphatic rings. The van der Waals surface area contributed by atoms with Crippen molar-refractivity contribution in [2.24, 2.45) is 0 Å². The number of hydrogen-bond donors (Lipinski definition) is 1. The molecule has 0 saturated heterocycles. The zero-order chi connectivity index (χ0) is 13.9. The molecule has 1 saturated carbocycles. The predicted molar refractivity (Wildman–Crippen MR) is 72.5 cm³/mol. The van der Waals surface area contributed by atoms with Gasteiger partial charge in [-0.15, -0.1) is 0 Å². The van der Waals surface area contributed by atoms with E-state index in [0.29, 0.717) is 18.4 Å². The topological polar surface area (TPSA) is 37.3 Å². The molecular weight excluding hydrogens is 243 g/mol. The van der Waals surface area contributed by atoms with Crippen LogP contribution in [0.25, 0.3) is 0 Å². The molecule has 3 heteroatoms. The third-order valence-electron chi connectivity index (χ3n) is 4.11. The maximum atomic E-state index is 13.2. The lowest BCUT2D eigenvalue weighted by molar-refractivity contribution is -0.138. The maximum Gasteiger partial charge on any atom is 0.168 e. The normalized spacial score (nSPS) is 18.9. The number of hydrogen-bond acceptors (Lipinski definition) is 2. The molecule has 0 bridgehead atoms. The fourth-order valence-electron chi connectivity index (χ4n) is 2.76. The number of carbonyl (C=O) groups excluding carboxylic acids is 1. The summed E-state index contributed by atoms with van der Waals surface area (Å²) in [6.45, 7) is 1.86. The van der Waals surface area contributed by atoms with Gasteiger partial charge in [-0.2, -0.15) is 0 Å². The lowest BCUT2D eigenvalue weighted by atomic mass is 9.86. The average molecular weight is 264 g/mol. The summed E-state index contributed by atoms with van der Waals surface area (Å²) in [5, 5.41) is 10.5. The van der Waals surface area contributed by atoms with Crippen LogP contribution in [0.5, 0.6) is 0 Å². The summed E-state index contributed by atoms with van der Waals surface area (Å²) in [5.41, 5.74) is 0.379. The second-order valence-electron chi connectivity index (χ2n) is 5.62. The van der Waals surface area contributed by atoms with Gasteiger partial charge in [0.15, 0.2) is 5.78 Å². The Morgan fingerprint density at radius 3 is 2.53 bits per heavy atom. The molecular formula is C16H21FO2. The van der Waals surface area contributed by atoms with E-state index in [2.05, 4.69) is 0 Å². The summed E-state index contributed by atoms with van der Waals surface area (Å²) in [6, 6.07) is 4.46. The first-order valence-electron chi connectivity index (χ1n) is 7.02. The molecule has 19 heavy (non-hydrogen) atoms. The van der Waals surface area contributed by atoms with Gasteiger partial charge in [-0.3, -0.25) is 4.79 Å². The zero-order valence-corrected chi connectivity index (χ0v) is 11.4. The molecule has 0 radical (unpaired) electrons. The number of rotatable bonds is 3. The lowest BCUT2D eigenvalue weighted by Crippen LogP contribution is -2.39. The third-order valence-corrected chi connectivity index (χ3v) is 4.11. The van der Waals surface area contributed by atoms with Crippen molar-refractivity contribution >= 4 is 5.78 Å². The molecule has 1 fully saturated rings. The minimum absolute atomic E-state index is 0.125. The van der Waals surface area contributed by atoms with E-state index in [4.69, 9.17) is 0 Å². The fraction of sp³-hybridized carbons (Fsp3) is 0.562.